The number of carbonyl (C=O) groups excluding carboxylic acids is 1. The Morgan fingerprint density at radius 3 is 2.23 bits per heavy atom. The summed E-state index contributed by atoms with van der Waals surface area (Å²) in [5, 5.41) is 6.05. The first-order valence-electron chi connectivity index (χ1n) is 9.26. The van der Waals surface area contributed by atoms with Crippen LogP contribution in [0.3, 0.4) is 0 Å². The largest absolute Gasteiger partial charge is 0.493 e. The Morgan fingerprint density at radius 2 is 1.60 bits per heavy atom. The van der Waals surface area contributed by atoms with Crippen LogP contribution in [0.15, 0.2) is 59.7 Å². The van der Waals surface area contributed by atoms with Gasteiger partial charge >= 0.3 is 0 Å². The molecule has 156 valence electrons. The Hall–Kier alpha value is -3.58. The fraction of sp³-hybridized carbons (Fsp3) is 0.217. The molecule has 30 heavy (non-hydrogen) atoms. The van der Waals surface area contributed by atoms with E-state index in [1.54, 1.807) is 12.1 Å². The van der Waals surface area contributed by atoms with Crippen LogP contribution < -0.4 is 19.6 Å². The molecule has 1 unspecified atom stereocenters. The molecule has 0 spiro atoms. The van der Waals surface area contributed by atoms with E-state index in [2.05, 4.69) is 10.5 Å². The first-order chi connectivity index (χ1) is 14.6. The summed E-state index contributed by atoms with van der Waals surface area (Å²) in [7, 11) is 6.10. The predicted octanol–water partition coefficient (Wildman–Crippen LogP) is 3.70. The van der Waals surface area contributed by atoms with Crippen LogP contribution in [0.1, 0.15) is 17.2 Å². The number of amides is 1. The Morgan fingerprint density at radius 1 is 0.933 bits per heavy atom. The van der Waals surface area contributed by atoms with E-state index >= 15 is 0 Å². The van der Waals surface area contributed by atoms with Crippen molar-refractivity contribution >= 4 is 22.9 Å². The summed E-state index contributed by atoms with van der Waals surface area (Å²) in [6.45, 7) is 0. The van der Waals surface area contributed by atoms with E-state index in [9.17, 15) is 4.79 Å². The van der Waals surface area contributed by atoms with Gasteiger partial charge in [-0.3, -0.25) is 4.79 Å². The van der Waals surface area contributed by atoms with Gasteiger partial charge in [-0.2, -0.15) is 5.10 Å². The van der Waals surface area contributed by atoms with Crippen LogP contribution in [-0.4, -0.2) is 40.6 Å². The molecule has 0 heterocycles. The molecular weight excluding hydrogens is 384 g/mol. The average molecular weight is 408 g/mol. The van der Waals surface area contributed by atoms with Crippen molar-refractivity contribution in [3.05, 3.63) is 65.7 Å². The molecule has 1 atom stereocenters. The summed E-state index contributed by atoms with van der Waals surface area (Å²) >= 11 is 0. The average Bonchev–Trinajstić information content (AvgIpc) is 2.79. The van der Waals surface area contributed by atoms with Crippen molar-refractivity contribution < 1.29 is 23.7 Å². The summed E-state index contributed by atoms with van der Waals surface area (Å²) in [6, 6.07) is 17.1. The summed E-state index contributed by atoms with van der Waals surface area (Å²) in [6.07, 6.45) is 0.700. The van der Waals surface area contributed by atoms with E-state index in [4.69, 9.17) is 18.9 Å². The highest BCUT2D eigenvalue weighted by atomic mass is 16.5. The first kappa shape index (κ1) is 21.1. The number of benzene rings is 3. The Balaban J connectivity index is 1.81. The SMILES string of the molecule is COc1cc(/C=N/NC(=O)C(OC)c2cccc3ccccc23)cc(OC)c1OC. The van der Waals surface area contributed by atoms with Gasteiger partial charge in [0, 0.05) is 12.7 Å². The molecular formula is C23H24N2O5. The molecule has 1 N–H and O–H groups in total. The van der Waals surface area contributed by atoms with Crippen LogP contribution in [0.5, 0.6) is 17.2 Å². The number of ether oxygens (including phenoxy) is 4. The van der Waals surface area contributed by atoms with Crippen LogP contribution >= 0.6 is 0 Å². The minimum Gasteiger partial charge on any atom is -0.493 e. The van der Waals surface area contributed by atoms with E-state index in [0.29, 0.717) is 22.8 Å². The number of hydrazone groups is 1. The number of fused-ring (bicyclic) bond motifs is 1. The lowest BCUT2D eigenvalue weighted by atomic mass is 10.00. The van der Waals surface area contributed by atoms with Crippen LogP contribution in [0.2, 0.25) is 0 Å². The van der Waals surface area contributed by atoms with Gasteiger partial charge in [0.15, 0.2) is 17.6 Å². The maximum Gasteiger partial charge on any atom is 0.273 e. The van der Waals surface area contributed by atoms with Gasteiger partial charge in [0.25, 0.3) is 5.91 Å². The molecule has 0 fully saturated rings. The van der Waals surface area contributed by atoms with Crippen molar-refractivity contribution in [3.8, 4) is 17.2 Å². The van der Waals surface area contributed by atoms with Gasteiger partial charge in [0.2, 0.25) is 5.75 Å². The number of methoxy groups -OCH3 is 4. The smallest absolute Gasteiger partial charge is 0.273 e. The van der Waals surface area contributed by atoms with Crippen LogP contribution in [0, 0.1) is 0 Å². The molecule has 0 aromatic heterocycles. The summed E-state index contributed by atoms with van der Waals surface area (Å²) < 4.78 is 21.4. The van der Waals surface area contributed by atoms with Crippen LogP contribution in [-0.2, 0) is 9.53 Å². The number of rotatable bonds is 8. The zero-order valence-electron chi connectivity index (χ0n) is 17.3. The third kappa shape index (κ3) is 4.36. The Labute approximate surface area is 175 Å². The van der Waals surface area contributed by atoms with Gasteiger partial charge in [-0.15, -0.1) is 0 Å². The second-order valence-electron chi connectivity index (χ2n) is 6.38. The maximum absolute atomic E-state index is 12.7. The molecule has 3 aromatic carbocycles. The monoisotopic (exact) mass is 408 g/mol. The van der Waals surface area contributed by atoms with E-state index in [1.807, 2.05) is 42.5 Å². The van der Waals surface area contributed by atoms with E-state index in [1.165, 1.54) is 34.7 Å². The lowest BCUT2D eigenvalue weighted by molar-refractivity contribution is -0.131. The molecule has 3 aromatic rings. The molecule has 0 saturated carbocycles. The number of hydrogen-bond acceptors (Lipinski definition) is 6. The fourth-order valence-corrected chi connectivity index (χ4v) is 3.26. The minimum absolute atomic E-state index is 0.377. The molecule has 1 amide bonds. The highest BCUT2D eigenvalue weighted by Gasteiger charge is 2.21. The second kappa shape index (κ2) is 9.76. The third-order valence-electron chi connectivity index (χ3n) is 4.66. The Bertz CT molecular complexity index is 1030. The molecule has 3 rings (SSSR count). The first-order valence-corrected chi connectivity index (χ1v) is 9.26. The molecule has 0 saturated heterocycles. The van der Waals surface area contributed by atoms with Gasteiger partial charge in [0.05, 0.1) is 27.5 Å². The third-order valence-corrected chi connectivity index (χ3v) is 4.66. The van der Waals surface area contributed by atoms with Crippen molar-refractivity contribution in [1.82, 2.24) is 5.43 Å². The molecule has 7 nitrogen and oxygen atoms in total. The molecule has 0 aliphatic carbocycles. The molecule has 0 radical (unpaired) electrons. The maximum atomic E-state index is 12.7. The highest BCUT2D eigenvalue weighted by Crippen LogP contribution is 2.37. The van der Waals surface area contributed by atoms with Crippen molar-refractivity contribution in [2.24, 2.45) is 5.10 Å². The van der Waals surface area contributed by atoms with Gasteiger partial charge in [0.1, 0.15) is 0 Å². The molecule has 0 aliphatic rings. The Kier molecular flexibility index (Phi) is 6.87. The lowest BCUT2D eigenvalue weighted by Crippen LogP contribution is -2.26. The standard InChI is InChI=1S/C23H24N2O5/c1-27-19-12-15(13-20(28-2)22(19)30-4)14-24-25-23(26)21(29-3)18-11-7-9-16-8-5-6-10-17(16)18/h5-14,21H,1-4H3,(H,25,26)/b24-14+. The molecule has 7 heteroatoms. The van der Waals surface area contributed by atoms with Crippen molar-refractivity contribution in [3.63, 3.8) is 0 Å². The topological polar surface area (TPSA) is 78.4 Å². The zero-order valence-corrected chi connectivity index (χ0v) is 17.3. The summed E-state index contributed by atoms with van der Waals surface area (Å²) in [5.41, 5.74) is 3.99. The van der Waals surface area contributed by atoms with Crippen molar-refractivity contribution in [1.29, 1.82) is 0 Å². The van der Waals surface area contributed by atoms with Gasteiger partial charge in [-0.05, 0) is 28.5 Å². The fourth-order valence-electron chi connectivity index (χ4n) is 3.26. The van der Waals surface area contributed by atoms with E-state index < -0.39 is 6.10 Å². The molecule has 0 aliphatic heterocycles. The van der Waals surface area contributed by atoms with Gasteiger partial charge in [-0.1, -0.05) is 42.5 Å². The van der Waals surface area contributed by atoms with Crippen molar-refractivity contribution in [2.45, 2.75) is 6.10 Å². The van der Waals surface area contributed by atoms with Crippen molar-refractivity contribution in [2.75, 3.05) is 28.4 Å². The normalized spacial score (nSPS) is 12.0. The van der Waals surface area contributed by atoms with E-state index in [-0.39, 0.29) is 5.91 Å². The predicted molar refractivity (Wildman–Crippen MR) is 116 cm³/mol. The van der Waals surface area contributed by atoms with Crippen LogP contribution in [0.25, 0.3) is 10.8 Å². The van der Waals surface area contributed by atoms with Gasteiger partial charge < -0.3 is 18.9 Å². The number of hydrogen-bond donors (Lipinski definition) is 1. The quantitative estimate of drug-likeness (QED) is 0.454. The number of nitrogens with one attached hydrogen (secondary N) is 1. The second-order valence-corrected chi connectivity index (χ2v) is 6.38. The zero-order chi connectivity index (χ0) is 21.5. The number of carbonyl (C=O) groups is 1. The van der Waals surface area contributed by atoms with E-state index in [0.717, 1.165) is 16.3 Å². The lowest BCUT2D eigenvalue weighted by Gasteiger charge is -2.16. The van der Waals surface area contributed by atoms with Gasteiger partial charge in [-0.25, -0.2) is 5.43 Å². The summed E-state index contributed by atoms with van der Waals surface area (Å²) in [4.78, 5) is 12.7. The minimum atomic E-state index is -0.798. The number of nitrogens with zero attached hydrogens (tertiary/aromatic N) is 1. The molecule has 0 bridgehead atoms. The van der Waals surface area contributed by atoms with Crippen LogP contribution in [0.4, 0.5) is 0 Å². The summed E-state index contributed by atoms with van der Waals surface area (Å²) in [5.74, 6) is 1.10. The highest BCUT2D eigenvalue weighted by molar-refractivity contribution is 5.92.